The van der Waals surface area contributed by atoms with Crippen molar-refractivity contribution >= 4 is 5.71 Å². The first-order valence-corrected chi connectivity index (χ1v) is 8.48. The lowest BCUT2D eigenvalue weighted by atomic mass is 10.0. The molecule has 0 bridgehead atoms. The van der Waals surface area contributed by atoms with Gasteiger partial charge in [0.15, 0.2) is 11.5 Å². The minimum atomic E-state index is 0.0243. The summed E-state index contributed by atoms with van der Waals surface area (Å²) in [4.78, 5) is 5.47. The van der Waals surface area contributed by atoms with Crippen molar-refractivity contribution in [2.45, 2.75) is 57.2 Å². The van der Waals surface area contributed by atoms with E-state index in [1.54, 1.807) is 7.11 Å². The maximum Gasteiger partial charge on any atom is 0.162 e. The largest absolute Gasteiger partial charge is 0.493 e. The van der Waals surface area contributed by atoms with Gasteiger partial charge in [-0.25, -0.2) is 0 Å². The van der Waals surface area contributed by atoms with Crippen LogP contribution in [0, 0.1) is 0 Å². The number of rotatable bonds is 6. The number of methoxy groups -OCH3 is 1. The quantitative estimate of drug-likeness (QED) is 0.874. The number of ether oxygens (including phenoxy) is 2. The van der Waals surface area contributed by atoms with E-state index in [2.05, 4.69) is 5.16 Å². The van der Waals surface area contributed by atoms with Crippen LogP contribution in [0.25, 0.3) is 0 Å². The van der Waals surface area contributed by atoms with Crippen LogP contribution in [0.3, 0.4) is 0 Å². The predicted octanol–water partition coefficient (Wildman–Crippen LogP) is 3.28. The van der Waals surface area contributed by atoms with Crippen molar-refractivity contribution in [2.24, 2.45) is 5.16 Å². The molecular formula is C18H25NO4. The number of benzene rings is 1. The molecule has 3 rings (SSSR count). The first-order valence-electron chi connectivity index (χ1n) is 8.48. The monoisotopic (exact) mass is 319 g/mol. The Labute approximate surface area is 137 Å². The van der Waals surface area contributed by atoms with Crippen LogP contribution >= 0.6 is 0 Å². The van der Waals surface area contributed by atoms with Gasteiger partial charge < -0.3 is 19.4 Å². The second-order valence-electron chi connectivity index (χ2n) is 6.21. The molecule has 1 aliphatic heterocycles. The summed E-state index contributed by atoms with van der Waals surface area (Å²) in [6.07, 6.45) is 7.37. The fourth-order valence-electron chi connectivity index (χ4n) is 3.21. The molecule has 1 heterocycles. The standard InChI is InChI=1S/C18H25NO4/c1-21-17-9-6-13(12-18(17)22-14-4-2-3-5-14)16-8-7-15(10-11-20)23-19-16/h6,9,12,14-15,20H,2-5,7-8,10-11H2,1H3. The number of hydrogen-bond acceptors (Lipinski definition) is 5. The summed E-state index contributed by atoms with van der Waals surface area (Å²) in [7, 11) is 1.66. The van der Waals surface area contributed by atoms with Gasteiger partial charge in [-0.3, -0.25) is 0 Å². The minimum absolute atomic E-state index is 0.0243. The fraction of sp³-hybridized carbons (Fsp3) is 0.611. The summed E-state index contributed by atoms with van der Waals surface area (Å²) in [5.41, 5.74) is 1.94. The maximum atomic E-state index is 8.97. The van der Waals surface area contributed by atoms with Crippen molar-refractivity contribution in [3.05, 3.63) is 23.8 Å². The molecule has 0 spiro atoms. The van der Waals surface area contributed by atoms with Crippen LogP contribution in [0.2, 0.25) is 0 Å². The van der Waals surface area contributed by atoms with Crippen LogP contribution in [-0.2, 0) is 4.84 Å². The van der Waals surface area contributed by atoms with Gasteiger partial charge >= 0.3 is 0 Å². The third kappa shape index (κ3) is 3.96. The zero-order chi connectivity index (χ0) is 16.1. The highest BCUT2D eigenvalue weighted by atomic mass is 16.6. The van der Waals surface area contributed by atoms with E-state index >= 15 is 0 Å². The van der Waals surface area contributed by atoms with E-state index in [0.717, 1.165) is 48.5 Å². The van der Waals surface area contributed by atoms with Crippen molar-refractivity contribution in [1.82, 2.24) is 0 Å². The van der Waals surface area contributed by atoms with Crippen molar-refractivity contribution in [3.8, 4) is 11.5 Å². The van der Waals surface area contributed by atoms with Crippen molar-refractivity contribution in [2.75, 3.05) is 13.7 Å². The molecule has 1 saturated carbocycles. The van der Waals surface area contributed by atoms with Gasteiger partial charge in [-0.1, -0.05) is 5.16 Å². The Morgan fingerprint density at radius 1 is 1.22 bits per heavy atom. The first-order chi connectivity index (χ1) is 11.3. The van der Waals surface area contributed by atoms with Crippen molar-refractivity contribution in [3.63, 3.8) is 0 Å². The van der Waals surface area contributed by atoms with Crippen LogP contribution in [0.4, 0.5) is 0 Å². The molecule has 1 aromatic rings. The zero-order valence-electron chi connectivity index (χ0n) is 13.7. The molecule has 0 radical (unpaired) electrons. The lowest BCUT2D eigenvalue weighted by molar-refractivity contribution is 0.0268. The average molecular weight is 319 g/mol. The molecule has 2 aliphatic rings. The second-order valence-corrected chi connectivity index (χ2v) is 6.21. The van der Waals surface area contributed by atoms with E-state index in [-0.39, 0.29) is 18.8 Å². The summed E-state index contributed by atoms with van der Waals surface area (Å²) >= 11 is 0. The van der Waals surface area contributed by atoms with E-state index in [9.17, 15) is 0 Å². The highest BCUT2D eigenvalue weighted by Gasteiger charge is 2.21. The summed E-state index contributed by atoms with van der Waals surface area (Å²) in [6.45, 7) is 0.136. The average Bonchev–Trinajstić information content (AvgIpc) is 3.09. The van der Waals surface area contributed by atoms with E-state index < -0.39 is 0 Å². The topological polar surface area (TPSA) is 60.3 Å². The molecule has 1 atom stereocenters. The van der Waals surface area contributed by atoms with Crippen LogP contribution < -0.4 is 9.47 Å². The summed E-state index contributed by atoms with van der Waals surface area (Å²) in [5, 5.41) is 13.2. The highest BCUT2D eigenvalue weighted by Crippen LogP contribution is 2.33. The summed E-state index contributed by atoms with van der Waals surface area (Å²) in [6, 6.07) is 5.93. The van der Waals surface area contributed by atoms with Gasteiger partial charge in [-0.2, -0.15) is 0 Å². The Kier molecular flexibility index (Phi) is 5.39. The number of nitrogens with zero attached hydrogens (tertiary/aromatic N) is 1. The van der Waals surface area contributed by atoms with Crippen LogP contribution in [0.15, 0.2) is 23.4 Å². The number of aliphatic hydroxyl groups excluding tert-OH is 1. The molecule has 126 valence electrons. The first kappa shape index (κ1) is 16.1. The molecule has 1 aliphatic carbocycles. The Morgan fingerprint density at radius 3 is 2.70 bits per heavy atom. The number of oxime groups is 1. The smallest absolute Gasteiger partial charge is 0.162 e. The minimum Gasteiger partial charge on any atom is -0.493 e. The van der Waals surface area contributed by atoms with Crippen LogP contribution in [-0.4, -0.2) is 36.7 Å². The van der Waals surface area contributed by atoms with Gasteiger partial charge in [-0.05, 0) is 56.7 Å². The molecule has 0 aromatic heterocycles. The van der Waals surface area contributed by atoms with E-state index in [0.29, 0.717) is 6.42 Å². The molecule has 1 unspecified atom stereocenters. The molecule has 1 N–H and O–H groups in total. The SMILES string of the molecule is COc1ccc(C2=NOC(CCO)CC2)cc1OC1CCCC1. The Bertz CT molecular complexity index is 552. The van der Waals surface area contributed by atoms with Crippen molar-refractivity contribution < 1.29 is 19.4 Å². The Hall–Kier alpha value is -1.75. The third-order valence-corrected chi connectivity index (χ3v) is 4.56. The van der Waals surface area contributed by atoms with Gasteiger partial charge in [0.1, 0.15) is 6.10 Å². The predicted molar refractivity (Wildman–Crippen MR) is 88.2 cm³/mol. The Morgan fingerprint density at radius 2 is 2.04 bits per heavy atom. The molecule has 5 nitrogen and oxygen atoms in total. The Balaban J connectivity index is 1.75. The molecule has 1 aromatic carbocycles. The number of hydrogen-bond donors (Lipinski definition) is 1. The molecule has 1 fully saturated rings. The van der Waals surface area contributed by atoms with Crippen molar-refractivity contribution in [1.29, 1.82) is 0 Å². The normalized spacial score (nSPS) is 21.7. The van der Waals surface area contributed by atoms with Gasteiger partial charge in [0.2, 0.25) is 0 Å². The van der Waals surface area contributed by atoms with Gasteiger partial charge in [0.25, 0.3) is 0 Å². The maximum absolute atomic E-state index is 8.97. The molecule has 5 heteroatoms. The van der Waals surface area contributed by atoms with E-state index in [1.165, 1.54) is 12.8 Å². The van der Waals surface area contributed by atoms with E-state index in [4.69, 9.17) is 19.4 Å². The lowest BCUT2D eigenvalue weighted by Crippen LogP contribution is -2.20. The van der Waals surface area contributed by atoms with Gasteiger partial charge in [0, 0.05) is 18.6 Å². The second kappa shape index (κ2) is 7.68. The zero-order valence-corrected chi connectivity index (χ0v) is 13.7. The van der Waals surface area contributed by atoms with Crippen LogP contribution in [0.5, 0.6) is 11.5 Å². The summed E-state index contributed by atoms with van der Waals surface area (Å²) in [5.74, 6) is 1.55. The van der Waals surface area contributed by atoms with Gasteiger partial charge in [-0.15, -0.1) is 0 Å². The summed E-state index contributed by atoms with van der Waals surface area (Å²) < 4.78 is 11.6. The molecule has 23 heavy (non-hydrogen) atoms. The fourth-order valence-corrected chi connectivity index (χ4v) is 3.21. The molecule has 0 saturated heterocycles. The molecular weight excluding hydrogens is 294 g/mol. The number of aliphatic hydroxyl groups is 1. The lowest BCUT2D eigenvalue weighted by Gasteiger charge is -2.21. The highest BCUT2D eigenvalue weighted by molar-refractivity contribution is 6.01. The third-order valence-electron chi connectivity index (χ3n) is 4.56. The molecule has 0 amide bonds. The van der Waals surface area contributed by atoms with Gasteiger partial charge in [0.05, 0.1) is 18.9 Å². The van der Waals surface area contributed by atoms with Crippen LogP contribution in [0.1, 0.15) is 50.5 Å². The van der Waals surface area contributed by atoms with E-state index in [1.807, 2.05) is 18.2 Å².